The molecule has 1 heterocycles. The quantitative estimate of drug-likeness (QED) is 0.399. The van der Waals surface area contributed by atoms with Crippen molar-refractivity contribution in [1.29, 1.82) is 0 Å². The van der Waals surface area contributed by atoms with Crippen LogP contribution in [0.25, 0.3) is 0 Å². The second-order valence-corrected chi connectivity index (χ2v) is 7.65. The van der Waals surface area contributed by atoms with E-state index in [2.05, 4.69) is 5.32 Å². The van der Waals surface area contributed by atoms with Gasteiger partial charge in [0.15, 0.2) is 0 Å². The average Bonchev–Trinajstić information content (AvgIpc) is 3.10. The van der Waals surface area contributed by atoms with Gasteiger partial charge in [0.2, 0.25) is 0 Å². The molecule has 32 heavy (non-hydrogen) atoms. The number of esters is 1. The van der Waals surface area contributed by atoms with Crippen LogP contribution in [0.15, 0.2) is 36.4 Å². The van der Waals surface area contributed by atoms with Crippen molar-refractivity contribution in [3.05, 3.63) is 64.5 Å². The number of amides is 1. The fourth-order valence-corrected chi connectivity index (χ4v) is 3.36. The van der Waals surface area contributed by atoms with Gasteiger partial charge in [0.25, 0.3) is 5.91 Å². The van der Waals surface area contributed by atoms with Gasteiger partial charge in [-0.3, -0.25) is 4.79 Å². The number of hydrogen-bond acceptors (Lipinski definition) is 5. The van der Waals surface area contributed by atoms with Crippen molar-refractivity contribution in [1.82, 2.24) is 5.32 Å². The maximum absolute atomic E-state index is 13.8. The zero-order chi connectivity index (χ0) is 23.6. The molecule has 1 aliphatic rings. The lowest BCUT2D eigenvalue weighted by molar-refractivity contribution is -0.148. The Bertz CT molecular complexity index is 1010. The molecule has 2 aromatic rings. The van der Waals surface area contributed by atoms with E-state index in [0.717, 1.165) is 6.07 Å². The molecule has 1 atom stereocenters. The van der Waals surface area contributed by atoms with Crippen molar-refractivity contribution >= 4 is 24.5 Å². The maximum atomic E-state index is 13.8. The molecule has 0 unspecified atom stereocenters. The standard InChI is InChI=1S/C21H20BF4NO5/c1-11(2)18(20(29)31-9-12-3-6-14(23)7-4-12)27-19(28)15-8-5-13-10-32-22(30)17(13)16(15)21(24,25)26/h3-8,11,18,30H,9-10H2,1-2H3,(H,27,28)/t18-/m0/s1. The minimum Gasteiger partial charge on any atom is -0.459 e. The molecule has 11 heteroatoms. The molecule has 170 valence electrons. The second kappa shape index (κ2) is 9.29. The van der Waals surface area contributed by atoms with Gasteiger partial charge in [-0.1, -0.05) is 32.0 Å². The normalized spacial score (nSPS) is 14.3. The van der Waals surface area contributed by atoms with Gasteiger partial charge in [-0.2, -0.15) is 13.2 Å². The summed E-state index contributed by atoms with van der Waals surface area (Å²) in [7, 11) is -1.81. The third kappa shape index (κ3) is 5.10. The molecule has 6 nitrogen and oxygen atoms in total. The van der Waals surface area contributed by atoms with E-state index in [-0.39, 0.29) is 18.8 Å². The summed E-state index contributed by atoms with van der Waals surface area (Å²) in [6, 6.07) is 6.23. The highest BCUT2D eigenvalue weighted by Gasteiger charge is 2.44. The molecule has 0 bridgehead atoms. The minimum atomic E-state index is -4.94. The molecule has 0 aromatic heterocycles. The van der Waals surface area contributed by atoms with Gasteiger partial charge in [-0.25, -0.2) is 9.18 Å². The van der Waals surface area contributed by atoms with E-state index in [1.807, 2.05) is 0 Å². The maximum Gasteiger partial charge on any atom is 0.492 e. The first kappa shape index (κ1) is 23.7. The minimum absolute atomic E-state index is 0.125. The van der Waals surface area contributed by atoms with Crippen LogP contribution in [0.2, 0.25) is 0 Å². The SMILES string of the molecule is CC(C)[C@H](NC(=O)c1ccc2c(c1C(F)(F)F)B(O)OC2)C(=O)OCc1ccc(F)cc1. The van der Waals surface area contributed by atoms with Crippen LogP contribution in [-0.2, 0) is 33.6 Å². The van der Waals surface area contributed by atoms with Crippen LogP contribution in [0.1, 0.15) is 40.9 Å². The first-order chi connectivity index (χ1) is 15.0. The summed E-state index contributed by atoms with van der Waals surface area (Å²) in [4.78, 5) is 25.3. The Morgan fingerprint density at radius 2 is 1.84 bits per heavy atom. The fourth-order valence-electron chi connectivity index (χ4n) is 3.36. The van der Waals surface area contributed by atoms with Crippen LogP contribution in [0, 0.1) is 11.7 Å². The highest BCUT2D eigenvalue weighted by Crippen LogP contribution is 2.33. The number of carbonyl (C=O) groups is 2. The van der Waals surface area contributed by atoms with Gasteiger partial charge in [0.05, 0.1) is 17.7 Å². The second-order valence-electron chi connectivity index (χ2n) is 7.65. The first-order valence-corrected chi connectivity index (χ1v) is 9.73. The summed E-state index contributed by atoms with van der Waals surface area (Å²) in [5.41, 5.74) is -1.93. The van der Waals surface area contributed by atoms with E-state index in [4.69, 9.17) is 9.39 Å². The molecular weight excluding hydrogens is 433 g/mol. The van der Waals surface area contributed by atoms with Gasteiger partial charge in [0.1, 0.15) is 18.5 Å². The fraction of sp³-hybridized carbons (Fsp3) is 0.333. The number of nitrogens with one attached hydrogen (secondary N) is 1. The van der Waals surface area contributed by atoms with Gasteiger partial charge >= 0.3 is 19.3 Å². The van der Waals surface area contributed by atoms with Gasteiger partial charge in [-0.15, -0.1) is 0 Å². The Kier molecular flexibility index (Phi) is 6.89. The first-order valence-electron chi connectivity index (χ1n) is 9.73. The lowest BCUT2D eigenvalue weighted by Gasteiger charge is -2.23. The lowest BCUT2D eigenvalue weighted by Crippen LogP contribution is -2.46. The van der Waals surface area contributed by atoms with Crippen molar-refractivity contribution in [2.75, 3.05) is 0 Å². The van der Waals surface area contributed by atoms with E-state index in [1.165, 1.54) is 30.3 Å². The molecule has 0 radical (unpaired) electrons. The number of halogens is 4. The molecular formula is C21H20BF4NO5. The zero-order valence-electron chi connectivity index (χ0n) is 17.2. The third-order valence-electron chi connectivity index (χ3n) is 5.01. The molecule has 1 aliphatic heterocycles. The predicted molar refractivity (Wildman–Crippen MR) is 106 cm³/mol. The molecule has 0 fully saturated rings. The number of rotatable bonds is 6. The topological polar surface area (TPSA) is 84.9 Å². The number of alkyl halides is 3. The van der Waals surface area contributed by atoms with Crippen molar-refractivity contribution in [2.24, 2.45) is 5.92 Å². The zero-order valence-corrected chi connectivity index (χ0v) is 17.2. The predicted octanol–water partition coefficient (Wildman–Crippen LogP) is 2.56. The summed E-state index contributed by atoms with van der Waals surface area (Å²) in [5.74, 6) is -2.96. The Balaban J connectivity index is 1.81. The molecule has 0 saturated heterocycles. The Hall–Kier alpha value is -2.92. The van der Waals surface area contributed by atoms with Crippen LogP contribution >= 0.6 is 0 Å². The molecule has 0 aliphatic carbocycles. The smallest absolute Gasteiger partial charge is 0.459 e. The van der Waals surface area contributed by atoms with Crippen LogP contribution in [-0.4, -0.2) is 30.1 Å². The third-order valence-corrected chi connectivity index (χ3v) is 5.01. The Labute approximate surface area is 181 Å². The summed E-state index contributed by atoms with van der Waals surface area (Å²) >= 11 is 0. The monoisotopic (exact) mass is 453 g/mol. The summed E-state index contributed by atoms with van der Waals surface area (Å²) in [6.07, 6.45) is -4.94. The largest absolute Gasteiger partial charge is 0.492 e. The Morgan fingerprint density at radius 3 is 2.44 bits per heavy atom. The Morgan fingerprint density at radius 1 is 1.19 bits per heavy atom. The number of hydrogen-bond donors (Lipinski definition) is 2. The molecule has 2 aromatic carbocycles. The van der Waals surface area contributed by atoms with Gasteiger partial charge in [-0.05, 0) is 35.2 Å². The highest BCUT2D eigenvalue weighted by molar-refractivity contribution is 6.62. The van der Waals surface area contributed by atoms with E-state index in [1.54, 1.807) is 13.8 Å². The number of fused-ring (bicyclic) bond motifs is 1. The van der Waals surface area contributed by atoms with E-state index in [9.17, 15) is 32.2 Å². The molecule has 0 saturated carbocycles. The summed E-state index contributed by atoms with van der Waals surface area (Å²) in [5, 5.41) is 12.1. The van der Waals surface area contributed by atoms with Crippen LogP contribution in [0.3, 0.4) is 0 Å². The molecule has 1 amide bonds. The van der Waals surface area contributed by atoms with Crippen LogP contribution in [0.5, 0.6) is 0 Å². The number of ether oxygens (including phenoxy) is 1. The number of carbonyl (C=O) groups excluding carboxylic acids is 2. The van der Waals surface area contributed by atoms with E-state index >= 15 is 0 Å². The van der Waals surface area contributed by atoms with Crippen molar-refractivity contribution in [3.63, 3.8) is 0 Å². The van der Waals surface area contributed by atoms with Crippen molar-refractivity contribution in [3.8, 4) is 0 Å². The van der Waals surface area contributed by atoms with Crippen molar-refractivity contribution < 1.29 is 41.6 Å². The molecule has 3 rings (SSSR count). The summed E-state index contributed by atoms with van der Waals surface area (Å²) < 4.78 is 64.3. The van der Waals surface area contributed by atoms with E-state index < -0.39 is 59.5 Å². The number of benzene rings is 2. The molecule has 0 spiro atoms. The summed E-state index contributed by atoms with van der Waals surface area (Å²) in [6.45, 7) is 2.77. The lowest BCUT2D eigenvalue weighted by atomic mass is 9.74. The average molecular weight is 453 g/mol. The highest BCUT2D eigenvalue weighted by atomic mass is 19.4. The van der Waals surface area contributed by atoms with Crippen LogP contribution in [0.4, 0.5) is 17.6 Å². The molecule has 2 N–H and O–H groups in total. The van der Waals surface area contributed by atoms with Gasteiger partial charge < -0.3 is 19.7 Å². The van der Waals surface area contributed by atoms with Crippen LogP contribution < -0.4 is 10.8 Å². The van der Waals surface area contributed by atoms with E-state index in [0.29, 0.717) is 5.56 Å². The van der Waals surface area contributed by atoms with Crippen molar-refractivity contribution in [2.45, 2.75) is 39.3 Å². The van der Waals surface area contributed by atoms with Gasteiger partial charge in [0, 0.05) is 5.46 Å².